The minimum atomic E-state index is 0.725. The lowest BCUT2D eigenvalue weighted by Gasteiger charge is -1.94. The number of carbonyl (C=O) groups excluding carboxylic acids is 1. The number of fused-ring (bicyclic) bond motifs is 1. The van der Waals surface area contributed by atoms with E-state index in [1.807, 2.05) is 41.8 Å². The standard InChI is InChI=1S/C17H16OS2/c1-13(7-3-4-8-14(2)12-18)11-17-19-15-9-5-6-10-16(15)20-17/h3-12H,1-2H3/b4-3+,13-7+,14-8+. The van der Waals surface area contributed by atoms with Crippen LogP contribution in [0.3, 0.4) is 0 Å². The summed E-state index contributed by atoms with van der Waals surface area (Å²) in [5.41, 5.74) is 1.92. The molecule has 1 aromatic rings. The topological polar surface area (TPSA) is 17.1 Å². The predicted molar refractivity (Wildman–Crippen MR) is 89.0 cm³/mol. The van der Waals surface area contributed by atoms with Gasteiger partial charge in [0.25, 0.3) is 0 Å². The molecule has 1 aliphatic rings. The first-order chi connectivity index (χ1) is 9.69. The number of hydrogen-bond donors (Lipinski definition) is 0. The zero-order valence-corrected chi connectivity index (χ0v) is 13.1. The van der Waals surface area contributed by atoms with Gasteiger partial charge in [0.15, 0.2) is 0 Å². The Balaban J connectivity index is 2.00. The second-order valence-electron chi connectivity index (χ2n) is 4.44. The Labute approximate surface area is 128 Å². The monoisotopic (exact) mass is 300 g/mol. The molecule has 0 unspecified atom stereocenters. The molecule has 0 atom stereocenters. The highest BCUT2D eigenvalue weighted by atomic mass is 32.2. The van der Waals surface area contributed by atoms with Crippen molar-refractivity contribution in [2.45, 2.75) is 23.6 Å². The van der Waals surface area contributed by atoms with Gasteiger partial charge in [0.05, 0.1) is 4.24 Å². The summed E-state index contributed by atoms with van der Waals surface area (Å²) in [7, 11) is 0. The van der Waals surface area contributed by atoms with E-state index in [0.717, 1.165) is 11.9 Å². The Kier molecular flexibility index (Phi) is 5.50. The van der Waals surface area contributed by atoms with Crippen LogP contribution in [0.15, 0.2) is 79.8 Å². The number of benzene rings is 1. The Hall–Kier alpha value is -1.45. The Morgan fingerprint density at radius 2 is 1.50 bits per heavy atom. The number of hydrogen-bond acceptors (Lipinski definition) is 3. The molecule has 0 radical (unpaired) electrons. The summed E-state index contributed by atoms with van der Waals surface area (Å²) in [4.78, 5) is 13.1. The van der Waals surface area contributed by atoms with Gasteiger partial charge in [0.2, 0.25) is 0 Å². The molecule has 0 aliphatic carbocycles. The molecule has 1 aromatic carbocycles. The molecule has 0 bridgehead atoms. The van der Waals surface area contributed by atoms with Crippen LogP contribution in [0.25, 0.3) is 0 Å². The SMILES string of the molecule is C\C(C=O)=C/C=C/C=C(\C)C=C1Sc2ccccc2S1. The van der Waals surface area contributed by atoms with Crippen molar-refractivity contribution in [2.75, 3.05) is 0 Å². The summed E-state index contributed by atoms with van der Waals surface area (Å²) in [5, 5.41) is 0. The minimum Gasteiger partial charge on any atom is -0.298 e. The average molecular weight is 300 g/mol. The van der Waals surface area contributed by atoms with Gasteiger partial charge in [-0.15, -0.1) is 0 Å². The third-order valence-electron chi connectivity index (χ3n) is 2.63. The van der Waals surface area contributed by atoms with Gasteiger partial charge in [-0.2, -0.15) is 0 Å². The van der Waals surface area contributed by atoms with Crippen LogP contribution in [-0.4, -0.2) is 6.29 Å². The molecule has 102 valence electrons. The van der Waals surface area contributed by atoms with Crippen molar-refractivity contribution >= 4 is 29.8 Å². The molecule has 0 aromatic heterocycles. The molecule has 0 fully saturated rings. The fraction of sp³-hybridized carbons (Fsp3) is 0.118. The fourth-order valence-electron chi connectivity index (χ4n) is 1.60. The van der Waals surface area contributed by atoms with E-state index in [4.69, 9.17) is 0 Å². The lowest BCUT2D eigenvalue weighted by molar-refractivity contribution is -0.104. The molecule has 1 aliphatic heterocycles. The molecule has 0 N–H and O–H groups in total. The molecule has 0 amide bonds. The smallest absolute Gasteiger partial charge is 0.145 e. The van der Waals surface area contributed by atoms with Crippen LogP contribution in [0, 0.1) is 0 Å². The van der Waals surface area contributed by atoms with E-state index in [1.54, 1.807) is 13.0 Å². The summed E-state index contributed by atoms with van der Waals surface area (Å²) >= 11 is 3.63. The van der Waals surface area contributed by atoms with E-state index in [0.29, 0.717) is 0 Å². The quantitative estimate of drug-likeness (QED) is 0.422. The van der Waals surface area contributed by atoms with Crippen molar-refractivity contribution in [2.24, 2.45) is 0 Å². The zero-order valence-electron chi connectivity index (χ0n) is 11.5. The van der Waals surface area contributed by atoms with Gasteiger partial charge in [-0.3, -0.25) is 4.79 Å². The largest absolute Gasteiger partial charge is 0.298 e. The number of allylic oxidation sites excluding steroid dienone is 7. The maximum Gasteiger partial charge on any atom is 0.145 e. The number of rotatable bonds is 4. The lowest BCUT2D eigenvalue weighted by atomic mass is 10.2. The molecule has 1 nitrogen and oxygen atoms in total. The first kappa shape index (κ1) is 14.9. The van der Waals surface area contributed by atoms with E-state index in [1.165, 1.54) is 19.6 Å². The molecule has 1 heterocycles. The van der Waals surface area contributed by atoms with Crippen molar-refractivity contribution in [3.05, 3.63) is 70.0 Å². The molecule has 0 spiro atoms. The first-order valence-electron chi connectivity index (χ1n) is 6.32. The minimum absolute atomic E-state index is 0.725. The van der Waals surface area contributed by atoms with E-state index in [9.17, 15) is 4.79 Å². The van der Waals surface area contributed by atoms with E-state index in [-0.39, 0.29) is 0 Å². The highest BCUT2D eigenvalue weighted by Crippen LogP contribution is 2.50. The second kappa shape index (κ2) is 7.36. The summed E-state index contributed by atoms with van der Waals surface area (Å²) in [6.45, 7) is 3.87. The van der Waals surface area contributed by atoms with E-state index >= 15 is 0 Å². The molecule has 3 heteroatoms. The summed E-state index contributed by atoms with van der Waals surface area (Å²) in [5.74, 6) is 0. The van der Waals surface area contributed by atoms with Crippen molar-refractivity contribution < 1.29 is 4.79 Å². The number of carbonyl (C=O) groups is 1. The molecular weight excluding hydrogens is 284 g/mol. The molecule has 2 rings (SSSR count). The number of aldehydes is 1. The van der Waals surface area contributed by atoms with Crippen molar-refractivity contribution in [3.8, 4) is 0 Å². The third kappa shape index (κ3) is 4.29. The van der Waals surface area contributed by atoms with Crippen LogP contribution >= 0.6 is 23.5 Å². The van der Waals surface area contributed by atoms with Gasteiger partial charge in [0.1, 0.15) is 6.29 Å². The molecule has 0 saturated carbocycles. The van der Waals surface area contributed by atoms with Gasteiger partial charge in [0, 0.05) is 9.79 Å². The Morgan fingerprint density at radius 1 is 0.950 bits per heavy atom. The molecular formula is C17H16OS2. The van der Waals surface area contributed by atoms with Crippen LogP contribution < -0.4 is 0 Å². The Morgan fingerprint density at radius 3 is 2.05 bits per heavy atom. The fourth-order valence-corrected chi connectivity index (χ4v) is 4.11. The van der Waals surface area contributed by atoms with Gasteiger partial charge in [-0.05, 0) is 43.2 Å². The molecule has 20 heavy (non-hydrogen) atoms. The van der Waals surface area contributed by atoms with Crippen LogP contribution in [0.4, 0.5) is 0 Å². The highest BCUT2D eigenvalue weighted by molar-refractivity contribution is 8.24. The highest BCUT2D eigenvalue weighted by Gasteiger charge is 2.15. The van der Waals surface area contributed by atoms with Crippen LogP contribution in [0.1, 0.15) is 13.8 Å². The molecule has 0 saturated heterocycles. The number of thioether (sulfide) groups is 2. The average Bonchev–Trinajstić information content (AvgIpc) is 2.85. The summed E-state index contributed by atoms with van der Waals surface area (Å²) in [6, 6.07) is 8.45. The van der Waals surface area contributed by atoms with Gasteiger partial charge >= 0.3 is 0 Å². The van der Waals surface area contributed by atoms with Crippen LogP contribution in [0.5, 0.6) is 0 Å². The Bertz CT molecular complexity index is 595. The predicted octanol–water partition coefficient (Wildman–Crippen LogP) is 5.37. The van der Waals surface area contributed by atoms with Crippen molar-refractivity contribution in [1.29, 1.82) is 0 Å². The van der Waals surface area contributed by atoms with Crippen molar-refractivity contribution in [3.63, 3.8) is 0 Å². The van der Waals surface area contributed by atoms with E-state index < -0.39 is 0 Å². The second-order valence-corrected chi connectivity index (χ2v) is 6.86. The van der Waals surface area contributed by atoms with Gasteiger partial charge < -0.3 is 0 Å². The lowest BCUT2D eigenvalue weighted by Crippen LogP contribution is -1.72. The van der Waals surface area contributed by atoms with E-state index in [2.05, 4.69) is 37.3 Å². The first-order valence-corrected chi connectivity index (χ1v) is 7.96. The van der Waals surface area contributed by atoms with Crippen LogP contribution in [-0.2, 0) is 4.79 Å². The maximum atomic E-state index is 10.4. The van der Waals surface area contributed by atoms with Crippen molar-refractivity contribution in [1.82, 2.24) is 0 Å². The van der Waals surface area contributed by atoms with Gasteiger partial charge in [-0.25, -0.2) is 0 Å². The zero-order chi connectivity index (χ0) is 14.4. The summed E-state index contributed by atoms with van der Waals surface area (Å²) in [6.07, 6.45) is 10.7. The maximum absolute atomic E-state index is 10.4. The third-order valence-corrected chi connectivity index (χ3v) is 5.05. The summed E-state index contributed by atoms with van der Waals surface area (Å²) < 4.78 is 1.30. The van der Waals surface area contributed by atoms with Gasteiger partial charge in [-0.1, -0.05) is 60.0 Å². The van der Waals surface area contributed by atoms with Crippen LogP contribution in [0.2, 0.25) is 0 Å². The normalized spacial score (nSPS) is 15.6.